The number of rotatable bonds is 4. The van der Waals surface area contributed by atoms with E-state index in [4.69, 9.17) is 10.2 Å². The molecule has 6 heteroatoms. The first-order valence-electron chi connectivity index (χ1n) is 8.81. The van der Waals surface area contributed by atoms with Crippen LogP contribution in [0.5, 0.6) is 0 Å². The van der Waals surface area contributed by atoms with Gasteiger partial charge in [-0.25, -0.2) is 4.98 Å². The summed E-state index contributed by atoms with van der Waals surface area (Å²) in [5.41, 5.74) is 2.06. The van der Waals surface area contributed by atoms with Gasteiger partial charge in [-0.3, -0.25) is 9.36 Å². The molecule has 1 aliphatic carbocycles. The maximum atomic E-state index is 13.4. The van der Waals surface area contributed by atoms with Crippen molar-refractivity contribution < 1.29 is 0 Å². The SMILES string of the molecule is CC1CCc2c(sc3nc(SCCC#N)n(-c4ccccc4)c(=O)c23)C1. The molecule has 1 aromatic carbocycles. The summed E-state index contributed by atoms with van der Waals surface area (Å²) in [7, 11) is 0. The zero-order valence-corrected chi connectivity index (χ0v) is 16.2. The van der Waals surface area contributed by atoms with E-state index < -0.39 is 0 Å². The lowest BCUT2D eigenvalue weighted by Crippen LogP contribution is -2.22. The summed E-state index contributed by atoms with van der Waals surface area (Å²) >= 11 is 3.15. The number of aryl methyl sites for hydroxylation is 1. The lowest BCUT2D eigenvalue weighted by molar-refractivity contribution is 0.509. The molecular weight excluding hydrogens is 362 g/mol. The van der Waals surface area contributed by atoms with Gasteiger partial charge >= 0.3 is 0 Å². The number of nitriles is 1. The van der Waals surface area contributed by atoms with Gasteiger partial charge in [-0.2, -0.15) is 5.26 Å². The van der Waals surface area contributed by atoms with Crippen molar-refractivity contribution in [3.63, 3.8) is 0 Å². The van der Waals surface area contributed by atoms with Gasteiger partial charge < -0.3 is 0 Å². The molecule has 3 aromatic rings. The monoisotopic (exact) mass is 381 g/mol. The Morgan fingerprint density at radius 3 is 2.96 bits per heavy atom. The van der Waals surface area contributed by atoms with E-state index in [1.807, 2.05) is 30.3 Å². The Bertz CT molecular complexity index is 1050. The van der Waals surface area contributed by atoms with Crippen LogP contribution < -0.4 is 5.56 Å². The van der Waals surface area contributed by atoms with Crippen LogP contribution in [0.4, 0.5) is 0 Å². The molecule has 1 atom stereocenters. The van der Waals surface area contributed by atoms with Crippen LogP contribution in [0, 0.1) is 17.2 Å². The van der Waals surface area contributed by atoms with Gasteiger partial charge in [0.1, 0.15) is 4.83 Å². The number of nitrogens with zero attached hydrogens (tertiary/aromatic N) is 3. The third-order valence-electron chi connectivity index (χ3n) is 4.76. The Hall–Kier alpha value is -2.10. The molecule has 132 valence electrons. The van der Waals surface area contributed by atoms with Gasteiger partial charge in [-0.05, 0) is 42.9 Å². The maximum absolute atomic E-state index is 13.4. The van der Waals surface area contributed by atoms with E-state index >= 15 is 0 Å². The molecule has 2 heterocycles. The third kappa shape index (κ3) is 3.06. The number of aromatic nitrogens is 2. The van der Waals surface area contributed by atoms with Gasteiger partial charge in [0, 0.05) is 17.1 Å². The van der Waals surface area contributed by atoms with Crippen LogP contribution in [0.15, 0.2) is 40.3 Å². The fraction of sp³-hybridized carbons (Fsp3) is 0.350. The smallest absolute Gasteiger partial charge is 0.267 e. The minimum Gasteiger partial charge on any atom is -0.268 e. The molecule has 0 radical (unpaired) electrons. The standard InChI is InChI=1S/C20H19N3OS2/c1-13-8-9-15-16(12-13)26-18-17(15)19(24)23(14-6-3-2-4-7-14)20(22-18)25-11-5-10-21/h2-4,6-7,13H,5,8-9,11-12H2,1H3. The first-order chi connectivity index (χ1) is 12.7. The molecule has 0 aliphatic heterocycles. The van der Waals surface area contributed by atoms with E-state index in [1.165, 1.54) is 22.2 Å². The number of thiophene rings is 1. The Labute approximate surface area is 160 Å². The average Bonchev–Trinajstić information content (AvgIpc) is 3.00. The molecule has 1 unspecified atom stereocenters. The molecule has 1 aliphatic rings. The van der Waals surface area contributed by atoms with Gasteiger partial charge in [0.05, 0.1) is 17.1 Å². The second-order valence-corrected chi connectivity index (χ2v) is 8.80. The topological polar surface area (TPSA) is 58.7 Å². The van der Waals surface area contributed by atoms with Crippen molar-refractivity contribution in [3.8, 4) is 11.8 Å². The second-order valence-electron chi connectivity index (χ2n) is 6.66. The van der Waals surface area contributed by atoms with Crippen LogP contribution in [-0.4, -0.2) is 15.3 Å². The van der Waals surface area contributed by atoms with E-state index in [0.717, 1.165) is 35.2 Å². The minimum absolute atomic E-state index is 0.0210. The Morgan fingerprint density at radius 2 is 2.19 bits per heavy atom. The summed E-state index contributed by atoms with van der Waals surface area (Å²) in [6.45, 7) is 2.27. The van der Waals surface area contributed by atoms with E-state index in [1.54, 1.807) is 15.9 Å². The summed E-state index contributed by atoms with van der Waals surface area (Å²) in [5, 5.41) is 10.3. The number of fused-ring (bicyclic) bond motifs is 3. The van der Waals surface area contributed by atoms with E-state index in [-0.39, 0.29) is 5.56 Å². The third-order valence-corrected chi connectivity index (χ3v) is 6.85. The first kappa shape index (κ1) is 17.3. The van der Waals surface area contributed by atoms with E-state index in [9.17, 15) is 4.79 Å². The van der Waals surface area contributed by atoms with Gasteiger partial charge in [0.15, 0.2) is 5.16 Å². The van der Waals surface area contributed by atoms with Crippen LogP contribution in [0.3, 0.4) is 0 Å². The van der Waals surface area contributed by atoms with E-state index in [2.05, 4.69) is 13.0 Å². The highest BCUT2D eigenvalue weighted by Crippen LogP contribution is 2.37. The van der Waals surface area contributed by atoms with Crippen molar-refractivity contribution >= 4 is 33.3 Å². The van der Waals surface area contributed by atoms with E-state index in [0.29, 0.717) is 23.2 Å². The number of thioether (sulfide) groups is 1. The maximum Gasteiger partial charge on any atom is 0.267 e. The molecule has 0 spiro atoms. The van der Waals surface area contributed by atoms with Crippen molar-refractivity contribution in [2.24, 2.45) is 5.92 Å². The summed E-state index contributed by atoms with van der Waals surface area (Å²) in [6.07, 6.45) is 3.56. The molecule has 0 N–H and O–H groups in total. The average molecular weight is 382 g/mol. The molecule has 0 bridgehead atoms. The number of benzene rings is 1. The summed E-state index contributed by atoms with van der Waals surface area (Å²) in [6, 6.07) is 11.8. The first-order valence-corrected chi connectivity index (χ1v) is 10.6. The van der Waals surface area contributed by atoms with Crippen molar-refractivity contribution in [1.82, 2.24) is 9.55 Å². The lowest BCUT2D eigenvalue weighted by atomic mass is 9.89. The number of hydrogen-bond acceptors (Lipinski definition) is 5. The van der Waals surface area contributed by atoms with Crippen LogP contribution in [-0.2, 0) is 12.8 Å². The van der Waals surface area contributed by atoms with Crippen LogP contribution in [0.2, 0.25) is 0 Å². The zero-order valence-electron chi connectivity index (χ0n) is 14.6. The highest BCUT2D eigenvalue weighted by atomic mass is 32.2. The van der Waals surface area contributed by atoms with Crippen molar-refractivity contribution in [1.29, 1.82) is 5.26 Å². The highest BCUT2D eigenvalue weighted by molar-refractivity contribution is 7.99. The molecule has 4 nitrogen and oxygen atoms in total. The summed E-state index contributed by atoms with van der Waals surface area (Å²) in [5.74, 6) is 1.29. The lowest BCUT2D eigenvalue weighted by Gasteiger charge is -2.17. The minimum atomic E-state index is 0.0210. The highest BCUT2D eigenvalue weighted by Gasteiger charge is 2.25. The van der Waals surface area contributed by atoms with Gasteiger partial charge in [-0.1, -0.05) is 36.9 Å². The molecule has 0 fully saturated rings. The van der Waals surface area contributed by atoms with Gasteiger partial charge in [0.2, 0.25) is 0 Å². The van der Waals surface area contributed by atoms with Crippen LogP contribution >= 0.6 is 23.1 Å². The molecule has 2 aromatic heterocycles. The Balaban J connectivity index is 1.94. The largest absolute Gasteiger partial charge is 0.268 e. The molecule has 0 saturated carbocycles. The van der Waals surface area contributed by atoms with Gasteiger partial charge in [-0.15, -0.1) is 11.3 Å². The second kappa shape index (κ2) is 7.26. The molecule has 0 saturated heterocycles. The van der Waals surface area contributed by atoms with Crippen molar-refractivity contribution in [2.45, 2.75) is 37.8 Å². The molecule has 0 amide bonds. The fourth-order valence-corrected chi connectivity index (χ4v) is 5.74. The zero-order chi connectivity index (χ0) is 18.1. The number of para-hydroxylation sites is 1. The Morgan fingerprint density at radius 1 is 1.38 bits per heavy atom. The normalized spacial score (nSPS) is 16.4. The quantitative estimate of drug-likeness (QED) is 0.377. The summed E-state index contributed by atoms with van der Waals surface area (Å²) < 4.78 is 1.72. The van der Waals surface area contributed by atoms with Crippen molar-refractivity contribution in [3.05, 3.63) is 51.1 Å². The predicted molar refractivity (Wildman–Crippen MR) is 107 cm³/mol. The predicted octanol–water partition coefficient (Wildman–Crippen LogP) is 4.58. The van der Waals surface area contributed by atoms with Gasteiger partial charge in [0.25, 0.3) is 5.56 Å². The van der Waals surface area contributed by atoms with Crippen LogP contribution in [0.25, 0.3) is 15.9 Å². The summed E-state index contributed by atoms with van der Waals surface area (Å²) in [4.78, 5) is 20.5. The molecule has 4 rings (SSSR count). The van der Waals surface area contributed by atoms with Crippen LogP contribution in [0.1, 0.15) is 30.2 Å². The number of hydrogen-bond donors (Lipinski definition) is 0. The molecule has 26 heavy (non-hydrogen) atoms. The Kier molecular flexibility index (Phi) is 4.84. The van der Waals surface area contributed by atoms with Crippen molar-refractivity contribution in [2.75, 3.05) is 5.75 Å². The molecular formula is C20H19N3OS2. The fourth-order valence-electron chi connectivity index (χ4n) is 3.46.